The Bertz CT molecular complexity index is 339. The Balaban J connectivity index is 2.41. The van der Waals surface area contributed by atoms with Crippen molar-refractivity contribution in [3.8, 4) is 5.75 Å². The van der Waals surface area contributed by atoms with Gasteiger partial charge in [0.2, 0.25) is 0 Å². The Morgan fingerprint density at radius 2 is 2.25 bits per heavy atom. The van der Waals surface area contributed by atoms with E-state index in [9.17, 15) is 4.79 Å². The number of methoxy groups -OCH3 is 1. The van der Waals surface area contributed by atoms with Gasteiger partial charge < -0.3 is 15.2 Å². The molecule has 0 aliphatic carbocycles. The van der Waals surface area contributed by atoms with Crippen molar-refractivity contribution in [3.05, 3.63) is 29.8 Å². The molecule has 0 radical (unpaired) electrons. The van der Waals surface area contributed by atoms with Crippen molar-refractivity contribution < 1.29 is 14.3 Å². The number of esters is 1. The second-order valence-corrected chi connectivity index (χ2v) is 3.36. The van der Waals surface area contributed by atoms with Crippen LogP contribution in [0.5, 0.6) is 5.75 Å². The van der Waals surface area contributed by atoms with Gasteiger partial charge in [-0.2, -0.15) is 0 Å². The molecule has 1 aromatic rings. The smallest absolute Gasteiger partial charge is 0.308 e. The van der Waals surface area contributed by atoms with Crippen LogP contribution >= 0.6 is 0 Å². The second kappa shape index (κ2) is 6.85. The maximum absolute atomic E-state index is 10.9. The molecule has 0 spiro atoms. The number of nitrogens with two attached hydrogens (primary N) is 1. The summed E-state index contributed by atoms with van der Waals surface area (Å²) < 4.78 is 9.94. The minimum Gasteiger partial charge on any atom is -0.493 e. The van der Waals surface area contributed by atoms with E-state index < -0.39 is 0 Å². The average molecular weight is 223 g/mol. The van der Waals surface area contributed by atoms with Crippen molar-refractivity contribution in [1.82, 2.24) is 0 Å². The molecule has 0 saturated heterocycles. The van der Waals surface area contributed by atoms with Crippen LogP contribution in [0.4, 0.5) is 0 Å². The predicted octanol–water partition coefficient (Wildman–Crippen LogP) is 1.13. The monoisotopic (exact) mass is 223 g/mol. The van der Waals surface area contributed by atoms with E-state index in [1.165, 1.54) is 7.11 Å². The first-order chi connectivity index (χ1) is 7.76. The lowest BCUT2D eigenvalue weighted by Crippen LogP contribution is -2.08. The third kappa shape index (κ3) is 4.31. The molecule has 1 rings (SSSR count). The minimum absolute atomic E-state index is 0.262. The van der Waals surface area contributed by atoms with Gasteiger partial charge >= 0.3 is 5.97 Å². The van der Waals surface area contributed by atoms with E-state index in [1.807, 2.05) is 24.3 Å². The van der Waals surface area contributed by atoms with Gasteiger partial charge in [-0.1, -0.05) is 12.1 Å². The van der Waals surface area contributed by atoms with E-state index in [-0.39, 0.29) is 12.4 Å². The maximum atomic E-state index is 10.9. The van der Waals surface area contributed by atoms with Gasteiger partial charge in [0, 0.05) is 0 Å². The van der Waals surface area contributed by atoms with Gasteiger partial charge in [-0.25, -0.2) is 0 Å². The molecule has 0 saturated carbocycles. The Morgan fingerprint density at radius 3 is 2.94 bits per heavy atom. The van der Waals surface area contributed by atoms with Crippen LogP contribution in [0.3, 0.4) is 0 Å². The van der Waals surface area contributed by atoms with Crippen LogP contribution in [0.15, 0.2) is 24.3 Å². The fraction of sp³-hybridized carbons (Fsp3) is 0.417. The summed E-state index contributed by atoms with van der Waals surface area (Å²) in [7, 11) is 1.37. The van der Waals surface area contributed by atoms with E-state index in [0.717, 1.165) is 17.7 Å². The van der Waals surface area contributed by atoms with Crippen LogP contribution in [-0.4, -0.2) is 26.2 Å². The van der Waals surface area contributed by atoms with Crippen molar-refractivity contribution in [3.63, 3.8) is 0 Å². The maximum Gasteiger partial charge on any atom is 0.308 e. The standard InChI is InChI=1S/C12H17NO3/c1-15-12(14)6-8-16-11-4-2-3-10(9-11)5-7-13/h2-4,9H,5-8,13H2,1H3. The molecular formula is C12H17NO3. The molecule has 0 aliphatic heterocycles. The molecule has 0 unspecified atom stereocenters. The van der Waals surface area contributed by atoms with Gasteiger partial charge in [0.05, 0.1) is 20.1 Å². The van der Waals surface area contributed by atoms with Crippen LogP contribution in [-0.2, 0) is 16.0 Å². The highest BCUT2D eigenvalue weighted by Crippen LogP contribution is 2.13. The van der Waals surface area contributed by atoms with E-state index in [2.05, 4.69) is 4.74 Å². The Kier molecular flexibility index (Phi) is 5.36. The third-order valence-electron chi connectivity index (χ3n) is 2.13. The molecule has 0 amide bonds. The summed E-state index contributed by atoms with van der Waals surface area (Å²) in [6, 6.07) is 7.71. The summed E-state index contributed by atoms with van der Waals surface area (Å²) in [6.45, 7) is 0.949. The molecular weight excluding hydrogens is 206 g/mol. The second-order valence-electron chi connectivity index (χ2n) is 3.36. The minimum atomic E-state index is -0.266. The zero-order valence-corrected chi connectivity index (χ0v) is 9.44. The fourth-order valence-electron chi connectivity index (χ4n) is 1.31. The van der Waals surface area contributed by atoms with Gasteiger partial charge in [-0.15, -0.1) is 0 Å². The molecule has 0 fully saturated rings. The number of hydrogen-bond donors (Lipinski definition) is 1. The molecule has 0 bridgehead atoms. The number of rotatable bonds is 6. The number of carbonyl (C=O) groups is 1. The molecule has 0 aromatic heterocycles. The van der Waals surface area contributed by atoms with Crippen LogP contribution in [0, 0.1) is 0 Å². The van der Waals surface area contributed by atoms with Crippen LogP contribution in [0.25, 0.3) is 0 Å². The molecule has 16 heavy (non-hydrogen) atoms. The molecule has 0 atom stereocenters. The largest absolute Gasteiger partial charge is 0.493 e. The number of benzene rings is 1. The summed E-state index contributed by atoms with van der Waals surface area (Å²) in [5.41, 5.74) is 6.60. The van der Waals surface area contributed by atoms with E-state index in [1.54, 1.807) is 0 Å². The summed E-state index contributed by atoms with van der Waals surface area (Å²) in [6.07, 6.45) is 1.09. The van der Waals surface area contributed by atoms with Crippen LogP contribution in [0.2, 0.25) is 0 Å². The molecule has 1 aromatic carbocycles. The summed E-state index contributed by atoms with van der Waals surface area (Å²) >= 11 is 0. The highest BCUT2D eigenvalue weighted by Gasteiger charge is 2.01. The van der Waals surface area contributed by atoms with Crippen molar-refractivity contribution in [2.75, 3.05) is 20.3 Å². The summed E-state index contributed by atoms with van der Waals surface area (Å²) in [5, 5.41) is 0. The van der Waals surface area contributed by atoms with Crippen LogP contribution < -0.4 is 10.5 Å². The topological polar surface area (TPSA) is 61.5 Å². The van der Waals surface area contributed by atoms with E-state index >= 15 is 0 Å². The molecule has 0 aliphatic rings. The first kappa shape index (κ1) is 12.5. The van der Waals surface area contributed by atoms with Gasteiger partial charge in [-0.05, 0) is 30.7 Å². The fourth-order valence-corrected chi connectivity index (χ4v) is 1.31. The highest BCUT2D eigenvalue weighted by molar-refractivity contribution is 5.69. The van der Waals surface area contributed by atoms with Crippen molar-refractivity contribution in [2.45, 2.75) is 12.8 Å². The summed E-state index contributed by atoms with van der Waals surface area (Å²) in [4.78, 5) is 10.9. The van der Waals surface area contributed by atoms with Gasteiger partial charge in [0.1, 0.15) is 5.75 Å². The Labute approximate surface area is 95.3 Å². The van der Waals surface area contributed by atoms with E-state index in [0.29, 0.717) is 13.2 Å². The zero-order chi connectivity index (χ0) is 11.8. The zero-order valence-electron chi connectivity index (χ0n) is 9.44. The van der Waals surface area contributed by atoms with Crippen molar-refractivity contribution in [2.24, 2.45) is 5.73 Å². The Morgan fingerprint density at radius 1 is 1.44 bits per heavy atom. The quantitative estimate of drug-likeness (QED) is 0.734. The lowest BCUT2D eigenvalue weighted by atomic mass is 10.1. The lowest BCUT2D eigenvalue weighted by molar-refractivity contribution is -0.141. The third-order valence-corrected chi connectivity index (χ3v) is 2.13. The molecule has 2 N–H and O–H groups in total. The molecule has 4 heteroatoms. The normalized spacial score (nSPS) is 9.88. The number of ether oxygens (including phenoxy) is 2. The molecule has 4 nitrogen and oxygen atoms in total. The first-order valence-electron chi connectivity index (χ1n) is 5.25. The van der Waals surface area contributed by atoms with Crippen molar-refractivity contribution >= 4 is 5.97 Å². The van der Waals surface area contributed by atoms with Gasteiger partial charge in [0.25, 0.3) is 0 Å². The average Bonchev–Trinajstić information content (AvgIpc) is 2.30. The predicted molar refractivity (Wildman–Crippen MR) is 61.3 cm³/mol. The Hall–Kier alpha value is -1.55. The molecule has 0 heterocycles. The first-order valence-corrected chi connectivity index (χ1v) is 5.25. The lowest BCUT2D eigenvalue weighted by Gasteiger charge is -2.06. The summed E-state index contributed by atoms with van der Waals surface area (Å²) in [5.74, 6) is 0.493. The van der Waals surface area contributed by atoms with Gasteiger partial charge in [0.15, 0.2) is 0 Å². The van der Waals surface area contributed by atoms with E-state index in [4.69, 9.17) is 10.5 Å². The van der Waals surface area contributed by atoms with Gasteiger partial charge in [-0.3, -0.25) is 4.79 Å². The number of hydrogen-bond acceptors (Lipinski definition) is 4. The number of carbonyl (C=O) groups excluding carboxylic acids is 1. The highest BCUT2D eigenvalue weighted by atomic mass is 16.5. The SMILES string of the molecule is COC(=O)CCOc1cccc(CCN)c1. The van der Waals surface area contributed by atoms with Crippen LogP contribution in [0.1, 0.15) is 12.0 Å². The van der Waals surface area contributed by atoms with Crippen molar-refractivity contribution in [1.29, 1.82) is 0 Å². The molecule has 88 valence electrons.